The summed E-state index contributed by atoms with van der Waals surface area (Å²) >= 11 is 0. The van der Waals surface area contributed by atoms with E-state index in [1.807, 2.05) is 61.5 Å². The van der Waals surface area contributed by atoms with Crippen LogP contribution in [0.5, 0.6) is 0 Å². The first-order chi connectivity index (χ1) is 11.2. The maximum atomic E-state index is 12.1. The third kappa shape index (κ3) is 2.97. The van der Waals surface area contributed by atoms with Crippen molar-refractivity contribution in [2.75, 3.05) is 7.11 Å². The summed E-state index contributed by atoms with van der Waals surface area (Å²) in [5.41, 5.74) is 3.78. The van der Waals surface area contributed by atoms with Crippen molar-refractivity contribution in [1.29, 1.82) is 0 Å². The Labute approximate surface area is 134 Å². The van der Waals surface area contributed by atoms with Gasteiger partial charge in [0.1, 0.15) is 5.56 Å². The Balaban J connectivity index is 2.21. The zero-order chi connectivity index (χ0) is 16.2. The SMILES string of the molecule is COC(=O)c1cnc(-c2ccccc2)nc1-c1ccccc1C. The Morgan fingerprint density at radius 2 is 1.70 bits per heavy atom. The highest BCUT2D eigenvalue weighted by Gasteiger charge is 2.18. The van der Waals surface area contributed by atoms with Crippen molar-refractivity contribution in [2.24, 2.45) is 0 Å². The molecule has 4 nitrogen and oxygen atoms in total. The highest BCUT2D eigenvalue weighted by molar-refractivity contribution is 5.96. The fourth-order valence-electron chi connectivity index (χ4n) is 2.41. The van der Waals surface area contributed by atoms with Gasteiger partial charge in [-0.1, -0.05) is 54.6 Å². The van der Waals surface area contributed by atoms with Gasteiger partial charge in [-0.05, 0) is 12.5 Å². The monoisotopic (exact) mass is 304 g/mol. The van der Waals surface area contributed by atoms with Gasteiger partial charge in [-0.15, -0.1) is 0 Å². The van der Waals surface area contributed by atoms with Crippen molar-refractivity contribution < 1.29 is 9.53 Å². The van der Waals surface area contributed by atoms with Crippen LogP contribution in [0.3, 0.4) is 0 Å². The standard InChI is InChI=1S/C19H16N2O2/c1-13-8-6-7-11-15(13)17-16(19(22)23-2)12-20-18(21-17)14-9-4-3-5-10-14/h3-12H,1-2H3. The molecule has 0 spiro atoms. The topological polar surface area (TPSA) is 52.1 Å². The van der Waals surface area contributed by atoms with Gasteiger partial charge in [0, 0.05) is 17.3 Å². The van der Waals surface area contributed by atoms with Gasteiger partial charge in [-0.25, -0.2) is 14.8 Å². The van der Waals surface area contributed by atoms with Gasteiger partial charge in [0.15, 0.2) is 5.82 Å². The summed E-state index contributed by atoms with van der Waals surface area (Å²) in [7, 11) is 1.36. The summed E-state index contributed by atoms with van der Waals surface area (Å²) in [4.78, 5) is 21.0. The van der Waals surface area contributed by atoms with E-state index < -0.39 is 5.97 Å². The van der Waals surface area contributed by atoms with Crippen molar-refractivity contribution in [3.63, 3.8) is 0 Å². The quantitative estimate of drug-likeness (QED) is 0.688. The number of hydrogen-bond acceptors (Lipinski definition) is 4. The second-order valence-corrected chi connectivity index (χ2v) is 5.13. The summed E-state index contributed by atoms with van der Waals surface area (Å²) in [6.45, 7) is 1.99. The second kappa shape index (κ2) is 6.40. The first kappa shape index (κ1) is 14.9. The Bertz CT molecular complexity index is 845. The molecular formula is C19H16N2O2. The van der Waals surface area contributed by atoms with E-state index in [9.17, 15) is 4.79 Å². The molecule has 0 fully saturated rings. The molecule has 0 aliphatic heterocycles. The molecule has 114 valence electrons. The molecule has 2 aromatic carbocycles. The van der Waals surface area contributed by atoms with Crippen molar-refractivity contribution >= 4 is 5.97 Å². The van der Waals surface area contributed by atoms with Crippen LogP contribution in [0.4, 0.5) is 0 Å². The number of rotatable bonds is 3. The fourth-order valence-corrected chi connectivity index (χ4v) is 2.41. The number of aryl methyl sites for hydroxylation is 1. The molecule has 3 rings (SSSR count). The minimum absolute atomic E-state index is 0.362. The molecule has 0 aliphatic carbocycles. The predicted octanol–water partition coefficient (Wildman–Crippen LogP) is 3.91. The number of nitrogens with zero attached hydrogens (tertiary/aromatic N) is 2. The number of carbonyl (C=O) groups is 1. The van der Waals surface area contributed by atoms with Crippen LogP contribution in [-0.4, -0.2) is 23.0 Å². The smallest absolute Gasteiger partial charge is 0.341 e. The van der Waals surface area contributed by atoms with Gasteiger partial charge in [-0.2, -0.15) is 0 Å². The largest absolute Gasteiger partial charge is 0.465 e. The van der Waals surface area contributed by atoms with Crippen LogP contribution >= 0.6 is 0 Å². The highest BCUT2D eigenvalue weighted by atomic mass is 16.5. The first-order valence-corrected chi connectivity index (χ1v) is 7.27. The van der Waals surface area contributed by atoms with E-state index in [1.54, 1.807) is 0 Å². The number of ether oxygens (including phenoxy) is 1. The highest BCUT2D eigenvalue weighted by Crippen LogP contribution is 2.27. The van der Waals surface area contributed by atoms with Crippen LogP contribution < -0.4 is 0 Å². The van der Waals surface area contributed by atoms with E-state index in [0.717, 1.165) is 16.7 Å². The van der Waals surface area contributed by atoms with Crippen molar-refractivity contribution in [3.8, 4) is 22.6 Å². The van der Waals surface area contributed by atoms with Crippen LogP contribution in [0.1, 0.15) is 15.9 Å². The molecule has 1 aromatic heterocycles. The number of benzene rings is 2. The van der Waals surface area contributed by atoms with Crippen LogP contribution in [0.15, 0.2) is 60.8 Å². The average Bonchev–Trinajstić information content (AvgIpc) is 2.62. The zero-order valence-corrected chi connectivity index (χ0v) is 13.0. The molecule has 0 amide bonds. The molecule has 0 unspecified atom stereocenters. The molecule has 0 radical (unpaired) electrons. The molecule has 4 heteroatoms. The predicted molar refractivity (Wildman–Crippen MR) is 89.0 cm³/mol. The lowest BCUT2D eigenvalue weighted by Crippen LogP contribution is -2.07. The van der Waals surface area contributed by atoms with Crippen molar-refractivity contribution in [2.45, 2.75) is 6.92 Å². The normalized spacial score (nSPS) is 10.3. The number of methoxy groups -OCH3 is 1. The third-order valence-corrected chi connectivity index (χ3v) is 3.63. The molecule has 0 saturated carbocycles. The molecule has 0 bridgehead atoms. The van der Waals surface area contributed by atoms with Crippen LogP contribution in [-0.2, 0) is 4.74 Å². The van der Waals surface area contributed by atoms with Crippen LogP contribution in [0.25, 0.3) is 22.6 Å². The Morgan fingerprint density at radius 3 is 2.39 bits per heavy atom. The van der Waals surface area contributed by atoms with Gasteiger partial charge in [0.25, 0.3) is 0 Å². The van der Waals surface area contributed by atoms with Crippen LogP contribution in [0.2, 0.25) is 0 Å². The van der Waals surface area contributed by atoms with Crippen LogP contribution in [0, 0.1) is 6.92 Å². The van der Waals surface area contributed by atoms with Gasteiger partial charge < -0.3 is 4.74 Å². The maximum absolute atomic E-state index is 12.1. The lowest BCUT2D eigenvalue weighted by atomic mass is 10.0. The Morgan fingerprint density at radius 1 is 1.00 bits per heavy atom. The summed E-state index contributed by atoms with van der Waals surface area (Å²) in [5.74, 6) is 0.138. The summed E-state index contributed by atoms with van der Waals surface area (Å²) in [6.07, 6.45) is 1.53. The minimum Gasteiger partial charge on any atom is -0.465 e. The number of carbonyl (C=O) groups excluding carboxylic acids is 1. The summed E-state index contributed by atoms with van der Waals surface area (Å²) < 4.78 is 4.86. The van der Waals surface area contributed by atoms with E-state index in [2.05, 4.69) is 9.97 Å². The number of aromatic nitrogens is 2. The van der Waals surface area contributed by atoms with Gasteiger partial charge in [-0.3, -0.25) is 0 Å². The summed E-state index contributed by atoms with van der Waals surface area (Å²) in [6, 6.07) is 17.5. The molecule has 0 aliphatic rings. The van der Waals surface area contributed by atoms with E-state index in [-0.39, 0.29) is 0 Å². The third-order valence-electron chi connectivity index (χ3n) is 3.63. The van der Waals surface area contributed by atoms with Crippen molar-refractivity contribution in [1.82, 2.24) is 9.97 Å². The lowest BCUT2D eigenvalue weighted by molar-refractivity contribution is 0.0601. The lowest BCUT2D eigenvalue weighted by Gasteiger charge is -2.11. The average molecular weight is 304 g/mol. The molecule has 3 aromatic rings. The minimum atomic E-state index is -0.442. The fraction of sp³-hybridized carbons (Fsp3) is 0.105. The molecule has 1 heterocycles. The van der Waals surface area contributed by atoms with Gasteiger partial charge >= 0.3 is 5.97 Å². The maximum Gasteiger partial charge on any atom is 0.341 e. The van der Waals surface area contributed by atoms with Gasteiger partial charge in [0.2, 0.25) is 0 Å². The molecule has 23 heavy (non-hydrogen) atoms. The molecule has 0 saturated heterocycles. The number of hydrogen-bond donors (Lipinski definition) is 0. The van der Waals surface area contributed by atoms with Gasteiger partial charge in [0.05, 0.1) is 12.8 Å². The van der Waals surface area contributed by atoms with E-state index in [4.69, 9.17) is 4.74 Å². The first-order valence-electron chi connectivity index (χ1n) is 7.27. The number of esters is 1. The Hall–Kier alpha value is -3.01. The zero-order valence-electron chi connectivity index (χ0n) is 13.0. The second-order valence-electron chi connectivity index (χ2n) is 5.13. The van der Waals surface area contributed by atoms with E-state index >= 15 is 0 Å². The summed E-state index contributed by atoms with van der Waals surface area (Å²) in [5, 5.41) is 0. The van der Waals surface area contributed by atoms with E-state index in [1.165, 1.54) is 13.3 Å². The van der Waals surface area contributed by atoms with E-state index in [0.29, 0.717) is 17.1 Å². The molecule has 0 atom stereocenters. The molecular weight excluding hydrogens is 288 g/mol. The van der Waals surface area contributed by atoms with Crippen molar-refractivity contribution in [3.05, 3.63) is 71.9 Å². The Kier molecular flexibility index (Phi) is 4.15. The molecule has 0 N–H and O–H groups in total.